The van der Waals surface area contributed by atoms with Gasteiger partial charge >= 0.3 is 11.9 Å². The molecule has 0 aliphatic carbocycles. The number of benzene rings is 2. The number of pyridine rings is 2. The second kappa shape index (κ2) is 16.2. The molecule has 0 saturated carbocycles. The van der Waals surface area contributed by atoms with Crippen molar-refractivity contribution in [3.8, 4) is 11.5 Å². The molecule has 2 N–H and O–H groups in total. The van der Waals surface area contributed by atoms with Gasteiger partial charge in [0.05, 0.1) is 13.1 Å². The van der Waals surface area contributed by atoms with E-state index < -0.39 is 11.9 Å². The summed E-state index contributed by atoms with van der Waals surface area (Å²) in [5, 5.41) is 18.6. The van der Waals surface area contributed by atoms with Gasteiger partial charge in [0.15, 0.2) is 22.9 Å². The number of aromatic carboxylic acids is 2. The van der Waals surface area contributed by atoms with Crippen LogP contribution in [0.5, 0.6) is 11.5 Å². The highest BCUT2D eigenvalue weighted by Crippen LogP contribution is 2.44. The standard InChI is InChI=1S/2C20H23BrN2O3/c2*1-13-12-20(2,3)23(15-7-5-4-6-14(13)15)10-11-26-16-8-9-17(21)22-18(16)19(24)25/h2*4-9,13H,10-12H2,1-3H3,(H,24,25). The van der Waals surface area contributed by atoms with Gasteiger partial charge in [-0.25, -0.2) is 19.6 Å². The molecule has 0 spiro atoms. The van der Waals surface area contributed by atoms with Gasteiger partial charge in [-0.15, -0.1) is 0 Å². The fraction of sp³-hybridized carbons (Fsp3) is 0.400. The lowest BCUT2D eigenvalue weighted by Gasteiger charge is -2.47. The van der Waals surface area contributed by atoms with Crippen molar-refractivity contribution < 1.29 is 29.3 Å². The van der Waals surface area contributed by atoms with Crippen molar-refractivity contribution in [1.29, 1.82) is 0 Å². The predicted molar refractivity (Wildman–Crippen MR) is 211 cm³/mol. The molecule has 2 unspecified atom stereocenters. The lowest BCUT2D eigenvalue weighted by atomic mass is 9.80. The molecule has 2 aromatic heterocycles. The first-order chi connectivity index (χ1) is 24.6. The van der Waals surface area contributed by atoms with Crippen LogP contribution >= 0.6 is 31.9 Å². The Balaban J connectivity index is 0.000000201. The van der Waals surface area contributed by atoms with Gasteiger partial charge in [-0.3, -0.25) is 0 Å². The highest BCUT2D eigenvalue weighted by atomic mass is 79.9. The third-order valence-electron chi connectivity index (χ3n) is 9.79. The zero-order chi connectivity index (χ0) is 37.8. The van der Waals surface area contributed by atoms with E-state index >= 15 is 0 Å². The molecule has 10 nitrogen and oxygen atoms in total. The van der Waals surface area contributed by atoms with Gasteiger partial charge in [0.25, 0.3) is 0 Å². The van der Waals surface area contributed by atoms with Crippen molar-refractivity contribution in [2.45, 2.75) is 77.3 Å². The molecule has 2 aliphatic heterocycles. The number of fused-ring (bicyclic) bond motifs is 2. The molecule has 2 aromatic carbocycles. The Hall–Kier alpha value is -4.16. The quantitative estimate of drug-likeness (QED) is 0.149. The third kappa shape index (κ3) is 8.89. The van der Waals surface area contributed by atoms with Gasteiger partial charge in [-0.2, -0.15) is 0 Å². The minimum absolute atomic E-state index is 0.00469. The average molecular weight is 839 g/mol. The Morgan fingerprint density at radius 1 is 0.673 bits per heavy atom. The summed E-state index contributed by atoms with van der Waals surface area (Å²) >= 11 is 6.39. The van der Waals surface area contributed by atoms with Crippen LogP contribution in [0.2, 0.25) is 0 Å². The summed E-state index contributed by atoms with van der Waals surface area (Å²) in [5.74, 6) is -0.604. The first-order valence-corrected chi connectivity index (χ1v) is 19.0. The molecule has 0 bridgehead atoms. The molecule has 276 valence electrons. The van der Waals surface area contributed by atoms with E-state index in [-0.39, 0.29) is 34.0 Å². The summed E-state index contributed by atoms with van der Waals surface area (Å²) in [6.07, 6.45) is 2.12. The first-order valence-electron chi connectivity index (χ1n) is 17.4. The fourth-order valence-electron chi connectivity index (χ4n) is 7.62. The van der Waals surface area contributed by atoms with Crippen LogP contribution in [0, 0.1) is 0 Å². The first kappa shape index (κ1) is 39.1. The molecule has 52 heavy (non-hydrogen) atoms. The van der Waals surface area contributed by atoms with E-state index in [4.69, 9.17) is 9.47 Å². The Morgan fingerprint density at radius 2 is 1.04 bits per heavy atom. The summed E-state index contributed by atoms with van der Waals surface area (Å²) in [7, 11) is 0. The highest BCUT2D eigenvalue weighted by Gasteiger charge is 2.37. The summed E-state index contributed by atoms with van der Waals surface area (Å²) in [6, 6.07) is 23.6. The fourth-order valence-corrected chi connectivity index (χ4v) is 8.23. The van der Waals surface area contributed by atoms with Crippen LogP contribution in [0.4, 0.5) is 11.4 Å². The van der Waals surface area contributed by atoms with Gasteiger partial charge in [0.2, 0.25) is 0 Å². The second-order valence-corrected chi connectivity index (χ2v) is 16.1. The van der Waals surface area contributed by atoms with Crippen LogP contribution in [0.15, 0.2) is 82.0 Å². The number of para-hydroxylation sites is 2. The number of nitrogens with zero attached hydrogens (tertiary/aromatic N) is 4. The number of carboxylic acid groups (broad SMARTS) is 2. The zero-order valence-electron chi connectivity index (χ0n) is 30.4. The molecule has 0 saturated heterocycles. The minimum Gasteiger partial charge on any atom is -0.489 e. The van der Waals surface area contributed by atoms with Gasteiger partial charge in [0.1, 0.15) is 22.4 Å². The molecule has 4 heterocycles. The van der Waals surface area contributed by atoms with Gasteiger partial charge < -0.3 is 29.5 Å². The normalized spacial score (nSPS) is 18.3. The largest absolute Gasteiger partial charge is 0.489 e. The monoisotopic (exact) mass is 836 g/mol. The van der Waals surface area contributed by atoms with E-state index in [2.05, 4.69) is 142 Å². The Morgan fingerprint density at radius 3 is 1.40 bits per heavy atom. The summed E-state index contributed by atoms with van der Waals surface area (Å²) in [4.78, 5) is 35.4. The maximum absolute atomic E-state index is 11.4. The number of ether oxygens (including phenoxy) is 2. The molecule has 6 rings (SSSR count). The molecule has 2 atom stereocenters. The van der Waals surface area contributed by atoms with E-state index in [0.29, 0.717) is 47.3 Å². The van der Waals surface area contributed by atoms with Crippen molar-refractivity contribution in [2.24, 2.45) is 0 Å². The van der Waals surface area contributed by atoms with Gasteiger partial charge in [0, 0.05) is 22.5 Å². The molecule has 4 aromatic rings. The molecule has 2 aliphatic rings. The average Bonchev–Trinajstić information content (AvgIpc) is 3.08. The second-order valence-electron chi connectivity index (χ2n) is 14.5. The van der Waals surface area contributed by atoms with Crippen molar-refractivity contribution in [1.82, 2.24) is 9.97 Å². The predicted octanol–water partition coefficient (Wildman–Crippen LogP) is 9.43. The number of carbonyl (C=O) groups is 2. The minimum atomic E-state index is -1.10. The summed E-state index contributed by atoms with van der Waals surface area (Å²) in [6.45, 7) is 15.6. The van der Waals surface area contributed by atoms with Crippen molar-refractivity contribution in [3.63, 3.8) is 0 Å². The lowest BCUT2D eigenvalue weighted by molar-refractivity contribution is 0.0674. The summed E-state index contributed by atoms with van der Waals surface area (Å²) < 4.78 is 12.5. The van der Waals surface area contributed by atoms with Gasteiger partial charge in [-0.1, -0.05) is 50.2 Å². The third-order valence-corrected chi connectivity index (χ3v) is 10.7. The maximum Gasteiger partial charge on any atom is 0.358 e. The number of carboxylic acids is 2. The number of hydrogen-bond donors (Lipinski definition) is 2. The van der Waals surface area contributed by atoms with E-state index in [0.717, 1.165) is 12.8 Å². The van der Waals surface area contributed by atoms with E-state index in [9.17, 15) is 19.8 Å². The van der Waals surface area contributed by atoms with Crippen LogP contribution in [0.25, 0.3) is 0 Å². The van der Waals surface area contributed by atoms with Crippen LogP contribution in [0.3, 0.4) is 0 Å². The number of rotatable bonds is 10. The Kier molecular flexibility index (Phi) is 12.2. The molecular formula is C40H46Br2N4O6. The topological polar surface area (TPSA) is 125 Å². The van der Waals surface area contributed by atoms with Crippen molar-refractivity contribution in [3.05, 3.63) is 105 Å². The van der Waals surface area contributed by atoms with Crippen LogP contribution < -0.4 is 19.3 Å². The molecular weight excluding hydrogens is 792 g/mol. The molecule has 0 radical (unpaired) electrons. The number of aromatic nitrogens is 2. The Labute approximate surface area is 322 Å². The summed E-state index contributed by atoms with van der Waals surface area (Å²) in [5.41, 5.74) is 5.01. The number of halogens is 2. The molecule has 0 amide bonds. The number of hydrogen-bond acceptors (Lipinski definition) is 8. The molecule has 12 heteroatoms. The smallest absolute Gasteiger partial charge is 0.358 e. The maximum atomic E-state index is 11.4. The van der Waals surface area contributed by atoms with Crippen LogP contribution in [0.1, 0.15) is 98.3 Å². The SMILES string of the molecule is CC1CC(C)(C)N(CCOc2ccc(Br)nc2C(=O)O)c2ccccc21.CC1CC(C)(C)N(CCOc2ccc(Br)nc2C(=O)O)c2ccccc21. The lowest BCUT2D eigenvalue weighted by Crippen LogP contribution is -2.50. The zero-order valence-corrected chi connectivity index (χ0v) is 33.6. The van der Waals surface area contributed by atoms with Gasteiger partial charge in [-0.05, 0) is 132 Å². The van der Waals surface area contributed by atoms with E-state index in [1.54, 1.807) is 24.3 Å². The van der Waals surface area contributed by atoms with Crippen LogP contribution in [-0.4, -0.2) is 69.5 Å². The molecule has 0 fully saturated rings. The van der Waals surface area contributed by atoms with E-state index in [1.807, 2.05) is 0 Å². The highest BCUT2D eigenvalue weighted by molar-refractivity contribution is 9.10. The van der Waals surface area contributed by atoms with Crippen molar-refractivity contribution >= 4 is 55.2 Å². The van der Waals surface area contributed by atoms with Crippen molar-refractivity contribution in [2.75, 3.05) is 36.1 Å². The number of anilines is 2. The van der Waals surface area contributed by atoms with Crippen LogP contribution in [-0.2, 0) is 0 Å². The van der Waals surface area contributed by atoms with E-state index in [1.165, 1.54) is 22.5 Å². The Bertz CT molecular complexity index is 1780.